The number of ether oxygens (including phenoxy) is 4. The summed E-state index contributed by atoms with van der Waals surface area (Å²) < 4.78 is 64.3. The molecule has 3 fully saturated rings. The van der Waals surface area contributed by atoms with Gasteiger partial charge in [0.25, 0.3) is 0 Å². The summed E-state index contributed by atoms with van der Waals surface area (Å²) in [4.78, 5) is 20.7. The van der Waals surface area contributed by atoms with Crippen molar-refractivity contribution in [3.05, 3.63) is 0 Å². The molecule has 0 aliphatic carbocycles. The maximum Gasteiger partial charge on any atom is 0.472 e. The number of rotatable bonds is 14. The van der Waals surface area contributed by atoms with Crippen LogP contribution in [0.25, 0.3) is 0 Å². The van der Waals surface area contributed by atoms with Crippen molar-refractivity contribution >= 4 is 33.8 Å². The van der Waals surface area contributed by atoms with Crippen molar-refractivity contribution in [3.8, 4) is 0 Å². The third-order valence-electron chi connectivity index (χ3n) is 6.59. The van der Waals surface area contributed by atoms with E-state index in [-0.39, 0.29) is 43.1 Å². The third-order valence-corrected chi connectivity index (χ3v) is 10.6. The molecule has 3 heterocycles. The average Bonchev–Trinajstić information content (AvgIpc) is 3.49. The largest absolute Gasteiger partial charge is 0.472 e. The molecule has 11 nitrogen and oxygen atoms in total. The van der Waals surface area contributed by atoms with Crippen molar-refractivity contribution in [1.82, 2.24) is 0 Å². The van der Waals surface area contributed by atoms with Crippen molar-refractivity contribution in [1.29, 1.82) is 0 Å². The summed E-state index contributed by atoms with van der Waals surface area (Å²) in [6.07, 6.45) is -0.924. The Hall–Kier alpha value is 0.515. The highest BCUT2D eigenvalue weighted by atomic mass is 32.7. The summed E-state index contributed by atoms with van der Waals surface area (Å²) in [7, 11) is -2.49. The molecule has 3 saturated heterocycles. The van der Waals surface area contributed by atoms with Gasteiger partial charge < -0.3 is 28.7 Å². The topological polar surface area (TPSA) is 139 Å². The van der Waals surface area contributed by atoms with Gasteiger partial charge in [-0.1, -0.05) is 13.8 Å². The lowest BCUT2D eigenvalue weighted by atomic mass is 9.90. The lowest BCUT2D eigenvalue weighted by molar-refractivity contribution is -0.0422. The molecule has 0 amide bonds. The van der Waals surface area contributed by atoms with Crippen molar-refractivity contribution in [2.75, 3.05) is 32.2 Å². The summed E-state index contributed by atoms with van der Waals surface area (Å²) >= 11 is 0.713. The summed E-state index contributed by atoms with van der Waals surface area (Å²) in [5.74, 6) is 0.682. The van der Waals surface area contributed by atoms with Gasteiger partial charge in [0.1, 0.15) is 14.0 Å². The van der Waals surface area contributed by atoms with E-state index in [1.165, 1.54) is 0 Å². The fraction of sp³-hybridized carbons (Fsp3) is 1.00. The van der Waals surface area contributed by atoms with E-state index in [4.69, 9.17) is 32.5 Å². The Balaban J connectivity index is 1.47. The molecular formula is C21H41BO11P2S. The Bertz CT molecular complexity index is 791. The standard InChI is InChI=1S/C21H41BO11P2S/c1-13(2)15-5-7-27-18(15)11-30-34(23,24)32-16-6-8-28-20(16)12-36-35(25,26)33-17-9-21(22)31-19(17)10-29-14(3)4/h13-21H,5-12,22H2,1-4H3,(H,23,24)(H,25,26). The second kappa shape index (κ2) is 13.7. The van der Waals surface area contributed by atoms with Gasteiger partial charge in [0, 0.05) is 31.4 Å². The highest BCUT2D eigenvalue weighted by Crippen LogP contribution is 2.59. The smallest absolute Gasteiger partial charge is 0.379 e. The zero-order valence-corrected chi connectivity index (χ0v) is 24.3. The number of phosphoric acid groups is 1. The summed E-state index contributed by atoms with van der Waals surface area (Å²) in [5, 5.41) is 0. The summed E-state index contributed by atoms with van der Waals surface area (Å²) in [5.41, 5.74) is 0. The predicted molar refractivity (Wildman–Crippen MR) is 138 cm³/mol. The molecule has 3 rings (SSSR count). The Morgan fingerprint density at radius 3 is 2.36 bits per heavy atom. The zero-order valence-electron chi connectivity index (χ0n) is 21.7. The molecule has 3 aliphatic rings. The minimum atomic E-state index is -4.37. The maximum atomic E-state index is 12.8. The van der Waals surface area contributed by atoms with Crippen LogP contribution in [0, 0.1) is 11.8 Å². The van der Waals surface area contributed by atoms with E-state index in [0.717, 1.165) is 6.42 Å². The minimum Gasteiger partial charge on any atom is -0.379 e. The van der Waals surface area contributed by atoms with Gasteiger partial charge in [0.2, 0.25) is 0 Å². The number of phosphoric ester groups is 1. The lowest BCUT2D eigenvalue weighted by Crippen LogP contribution is -2.30. The first kappa shape index (κ1) is 31.0. The van der Waals surface area contributed by atoms with Gasteiger partial charge in [-0.05, 0) is 49.9 Å². The van der Waals surface area contributed by atoms with Gasteiger partial charge in [-0.3, -0.25) is 13.6 Å². The van der Waals surface area contributed by atoms with Crippen molar-refractivity contribution in [2.24, 2.45) is 11.8 Å². The Morgan fingerprint density at radius 1 is 0.972 bits per heavy atom. The summed E-state index contributed by atoms with van der Waals surface area (Å²) in [6.45, 7) is 5.06. The Labute approximate surface area is 218 Å². The van der Waals surface area contributed by atoms with Gasteiger partial charge in [-0.25, -0.2) is 9.13 Å². The Morgan fingerprint density at radius 2 is 1.67 bits per heavy atom. The molecule has 0 aromatic carbocycles. The monoisotopic (exact) mass is 574 g/mol. The van der Waals surface area contributed by atoms with E-state index in [1.807, 2.05) is 21.7 Å². The van der Waals surface area contributed by atoms with Crippen molar-refractivity contribution in [3.63, 3.8) is 0 Å². The van der Waals surface area contributed by atoms with Crippen molar-refractivity contribution < 1.29 is 51.4 Å². The van der Waals surface area contributed by atoms with Gasteiger partial charge in [0.05, 0.1) is 43.7 Å². The molecule has 3 aliphatic heterocycles. The normalized spacial score (nSPS) is 36.5. The maximum absolute atomic E-state index is 12.8. The Kier molecular flexibility index (Phi) is 11.8. The molecule has 0 aromatic rings. The third kappa shape index (κ3) is 9.61. The van der Waals surface area contributed by atoms with Gasteiger partial charge in [0.15, 0.2) is 0 Å². The molecular weight excluding hydrogens is 533 g/mol. The van der Waals surface area contributed by atoms with E-state index in [9.17, 15) is 18.9 Å². The van der Waals surface area contributed by atoms with Crippen LogP contribution in [0.1, 0.15) is 47.0 Å². The molecule has 0 aromatic heterocycles. The fourth-order valence-corrected chi connectivity index (χ4v) is 8.48. The molecule has 9 unspecified atom stereocenters. The van der Waals surface area contributed by atoms with Crippen LogP contribution in [0.3, 0.4) is 0 Å². The lowest BCUT2D eigenvalue weighted by Gasteiger charge is -2.25. The predicted octanol–water partition coefficient (Wildman–Crippen LogP) is 2.73. The van der Waals surface area contributed by atoms with E-state index in [0.29, 0.717) is 43.4 Å². The zero-order chi connectivity index (χ0) is 26.5. The fourth-order valence-electron chi connectivity index (χ4n) is 4.71. The van der Waals surface area contributed by atoms with Crippen molar-refractivity contribution in [2.45, 2.75) is 89.6 Å². The van der Waals surface area contributed by atoms with Crippen LogP contribution in [0.5, 0.6) is 0 Å². The minimum absolute atomic E-state index is 0.00529. The molecule has 36 heavy (non-hydrogen) atoms. The second-order valence-corrected chi connectivity index (χ2v) is 15.5. The number of hydrogen-bond donors (Lipinski definition) is 2. The summed E-state index contributed by atoms with van der Waals surface area (Å²) in [6, 6.07) is -0.110. The van der Waals surface area contributed by atoms with Gasteiger partial charge in [-0.2, -0.15) is 0 Å². The van der Waals surface area contributed by atoms with E-state index < -0.39 is 39.0 Å². The first-order chi connectivity index (χ1) is 16.8. The molecule has 0 bridgehead atoms. The molecule has 9 atom stereocenters. The van der Waals surface area contributed by atoms with E-state index in [1.54, 1.807) is 0 Å². The molecule has 0 radical (unpaired) electrons. The van der Waals surface area contributed by atoms with Crippen LogP contribution < -0.4 is 0 Å². The molecule has 210 valence electrons. The molecule has 2 N–H and O–H groups in total. The highest BCUT2D eigenvalue weighted by molar-refractivity contribution is 8.54. The van der Waals surface area contributed by atoms with E-state index >= 15 is 0 Å². The SMILES string of the molecule is BC1CC(OP(=O)(O)SCC2OCCC2OP(=O)(O)OCC2OCCC2C(C)C)C(COC(C)C)O1. The quantitative estimate of drug-likeness (QED) is 0.233. The van der Waals surface area contributed by atoms with Crippen LogP contribution in [-0.2, 0) is 41.6 Å². The molecule has 15 heteroatoms. The first-order valence-corrected chi connectivity index (χ1v) is 17.3. The molecule has 0 spiro atoms. The van der Waals surface area contributed by atoms with Crippen LogP contribution in [-0.4, -0.2) is 92.4 Å². The van der Waals surface area contributed by atoms with Crippen LogP contribution in [0.15, 0.2) is 0 Å². The average molecular weight is 574 g/mol. The molecule has 0 saturated carbocycles. The number of hydrogen-bond acceptors (Lipinski definition) is 10. The van der Waals surface area contributed by atoms with Crippen LogP contribution >= 0.6 is 26.0 Å². The van der Waals surface area contributed by atoms with Gasteiger partial charge in [-0.15, -0.1) is 0 Å². The first-order valence-electron chi connectivity index (χ1n) is 12.7. The van der Waals surface area contributed by atoms with Crippen LogP contribution in [0.4, 0.5) is 0 Å². The van der Waals surface area contributed by atoms with Crippen LogP contribution in [0.2, 0.25) is 0 Å². The van der Waals surface area contributed by atoms with E-state index in [2.05, 4.69) is 13.8 Å². The highest BCUT2D eigenvalue weighted by Gasteiger charge is 2.42. The van der Waals surface area contributed by atoms with Gasteiger partial charge >= 0.3 is 14.6 Å². The second-order valence-electron chi connectivity index (χ2n) is 10.2.